The molecule has 2 heteroatoms. The molecule has 1 rings (SSSR count). The summed E-state index contributed by atoms with van der Waals surface area (Å²) in [7, 11) is 0. The Labute approximate surface area is 103 Å². The van der Waals surface area contributed by atoms with Crippen LogP contribution in [0.4, 0.5) is 0 Å². The summed E-state index contributed by atoms with van der Waals surface area (Å²) in [4.78, 5) is 0. The Balaban J connectivity index is 2.65. The van der Waals surface area contributed by atoms with Crippen LogP contribution in [0.5, 0.6) is 0 Å². The lowest BCUT2D eigenvalue weighted by atomic mass is 9.86. The molecule has 0 aliphatic carbocycles. The first-order valence-electron chi connectivity index (χ1n) is 5.67. The van der Waals surface area contributed by atoms with Crippen molar-refractivity contribution in [2.24, 2.45) is 0 Å². The van der Waals surface area contributed by atoms with Crippen molar-refractivity contribution in [2.75, 3.05) is 5.88 Å². The Morgan fingerprint density at radius 2 is 1.81 bits per heavy atom. The molecule has 0 atom stereocenters. The predicted molar refractivity (Wildman–Crippen MR) is 68.7 cm³/mol. The van der Waals surface area contributed by atoms with Crippen LogP contribution in [0.25, 0.3) is 0 Å². The molecule has 0 aromatic heterocycles. The lowest BCUT2D eigenvalue weighted by Gasteiger charge is -2.15. The molecule has 0 saturated heterocycles. The van der Waals surface area contributed by atoms with Gasteiger partial charge in [0.1, 0.15) is 0 Å². The van der Waals surface area contributed by atoms with Gasteiger partial charge in [-0.3, -0.25) is 0 Å². The highest BCUT2D eigenvalue weighted by molar-refractivity contribution is 6.17. The first-order valence-corrected chi connectivity index (χ1v) is 6.20. The van der Waals surface area contributed by atoms with Gasteiger partial charge in [0.15, 0.2) is 0 Å². The van der Waals surface area contributed by atoms with Gasteiger partial charge in [0, 0.05) is 5.88 Å². The first kappa shape index (κ1) is 13.1. The fraction of sp³-hybridized carbons (Fsp3) is 0.500. The Morgan fingerprint density at radius 1 is 1.19 bits per heavy atom. The minimum Gasteiger partial charge on any atom is -0.197 e. The third kappa shape index (κ3) is 3.54. The normalized spacial score (nSPS) is 11.1. The minimum absolute atomic E-state index is 0.394. The van der Waals surface area contributed by atoms with Gasteiger partial charge < -0.3 is 0 Å². The van der Waals surface area contributed by atoms with E-state index >= 15 is 0 Å². The predicted octanol–water partition coefficient (Wildman–Crippen LogP) is 4.05. The molecular weight excluding hydrogens is 218 g/mol. The van der Waals surface area contributed by atoms with Gasteiger partial charge in [-0.1, -0.05) is 24.3 Å². The highest BCUT2D eigenvalue weighted by Crippen LogP contribution is 2.22. The number of nitriles is 1. The Morgan fingerprint density at radius 3 is 2.31 bits per heavy atom. The second kappa shape index (κ2) is 5.92. The van der Waals surface area contributed by atoms with E-state index in [9.17, 15) is 0 Å². The van der Waals surface area contributed by atoms with Crippen LogP contribution in [0.1, 0.15) is 37.8 Å². The molecule has 0 N–H and O–H groups in total. The van der Waals surface area contributed by atoms with E-state index in [1.165, 1.54) is 5.56 Å². The molecule has 0 bridgehead atoms. The molecule has 0 spiro atoms. The zero-order valence-electron chi connectivity index (χ0n) is 9.96. The monoisotopic (exact) mass is 235 g/mol. The molecule has 1 nitrogen and oxygen atoms in total. The molecule has 0 radical (unpaired) electrons. The molecular formula is C14H18ClN. The SMILES string of the molecule is CC(C)(C#N)c1ccc(CCCCCl)cc1. The third-order valence-corrected chi connectivity index (χ3v) is 3.07. The second-order valence-electron chi connectivity index (χ2n) is 4.58. The summed E-state index contributed by atoms with van der Waals surface area (Å²) in [6.45, 7) is 3.88. The van der Waals surface area contributed by atoms with E-state index in [1.54, 1.807) is 0 Å². The van der Waals surface area contributed by atoms with Crippen molar-refractivity contribution in [3.8, 4) is 6.07 Å². The number of alkyl halides is 1. The van der Waals surface area contributed by atoms with Crippen LogP contribution in [0.2, 0.25) is 0 Å². The number of halogens is 1. The van der Waals surface area contributed by atoms with Crippen molar-refractivity contribution in [2.45, 2.75) is 38.5 Å². The molecule has 1 aromatic rings. The fourth-order valence-electron chi connectivity index (χ4n) is 1.58. The van der Waals surface area contributed by atoms with Gasteiger partial charge in [-0.2, -0.15) is 5.26 Å². The summed E-state index contributed by atoms with van der Waals surface area (Å²) in [5.41, 5.74) is 2.01. The minimum atomic E-state index is -0.394. The van der Waals surface area contributed by atoms with Crippen molar-refractivity contribution < 1.29 is 0 Å². The topological polar surface area (TPSA) is 23.8 Å². The van der Waals surface area contributed by atoms with Crippen molar-refractivity contribution in [3.05, 3.63) is 35.4 Å². The van der Waals surface area contributed by atoms with E-state index in [0.29, 0.717) is 0 Å². The van der Waals surface area contributed by atoms with Crippen LogP contribution < -0.4 is 0 Å². The maximum Gasteiger partial charge on any atom is 0.0766 e. The number of unbranched alkanes of at least 4 members (excludes halogenated alkanes) is 1. The van der Waals surface area contributed by atoms with Crippen molar-refractivity contribution >= 4 is 11.6 Å². The highest BCUT2D eigenvalue weighted by atomic mass is 35.5. The number of hydrogen-bond acceptors (Lipinski definition) is 1. The molecule has 0 aliphatic rings. The maximum absolute atomic E-state index is 9.03. The quantitative estimate of drug-likeness (QED) is 0.558. The molecule has 0 saturated carbocycles. The Kier molecular flexibility index (Phi) is 4.83. The molecule has 0 fully saturated rings. The number of nitrogens with zero attached hydrogens (tertiary/aromatic N) is 1. The first-order chi connectivity index (χ1) is 7.60. The van der Waals surface area contributed by atoms with Crippen LogP contribution in [-0.2, 0) is 11.8 Å². The molecule has 0 unspecified atom stereocenters. The van der Waals surface area contributed by atoms with Gasteiger partial charge in [0.2, 0.25) is 0 Å². The highest BCUT2D eigenvalue weighted by Gasteiger charge is 2.18. The van der Waals surface area contributed by atoms with Crippen molar-refractivity contribution in [1.82, 2.24) is 0 Å². The third-order valence-electron chi connectivity index (χ3n) is 2.80. The lowest BCUT2D eigenvalue weighted by Crippen LogP contribution is -2.13. The van der Waals surface area contributed by atoms with Crippen LogP contribution in [-0.4, -0.2) is 5.88 Å². The average molecular weight is 236 g/mol. The molecule has 86 valence electrons. The van der Waals surface area contributed by atoms with E-state index in [-0.39, 0.29) is 0 Å². The van der Waals surface area contributed by atoms with Gasteiger partial charge in [-0.05, 0) is 44.2 Å². The van der Waals surface area contributed by atoms with Crippen molar-refractivity contribution in [1.29, 1.82) is 5.26 Å². The molecule has 0 aliphatic heterocycles. The zero-order valence-corrected chi connectivity index (χ0v) is 10.7. The number of benzene rings is 1. The fourth-order valence-corrected chi connectivity index (χ4v) is 1.77. The second-order valence-corrected chi connectivity index (χ2v) is 4.96. The summed E-state index contributed by atoms with van der Waals surface area (Å²) < 4.78 is 0. The van der Waals surface area contributed by atoms with Crippen LogP contribution in [0.15, 0.2) is 24.3 Å². The Hall–Kier alpha value is -1.00. The van der Waals surface area contributed by atoms with Crippen LogP contribution >= 0.6 is 11.6 Å². The lowest BCUT2D eigenvalue weighted by molar-refractivity contribution is 0.686. The smallest absolute Gasteiger partial charge is 0.0766 e. The number of hydrogen-bond donors (Lipinski definition) is 0. The number of aryl methyl sites for hydroxylation is 1. The summed E-state index contributed by atoms with van der Waals surface area (Å²) in [6.07, 6.45) is 3.26. The van der Waals surface area contributed by atoms with Crippen molar-refractivity contribution in [3.63, 3.8) is 0 Å². The van der Waals surface area contributed by atoms with Gasteiger partial charge in [0.25, 0.3) is 0 Å². The average Bonchev–Trinajstić information content (AvgIpc) is 2.30. The molecule has 1 aromatic carbocycles. The van der Waals surface area contributed by atoms with E-state index in [1.807, 2.05) is 13.8 Å². The molecule has 0 heterocycles. The summed E-state index contributed by atoms with van der Waals surface area (Å²) in [6, 6.07) is 10.6. The Bertz CT molecular complexity index is 359. The van der Waals surface area contributed by atoms with E-state index < -0.39 is 5.41 Å². The standard InChI is InChI=1S/C14H18ClN/c1-14(2,11-16)13-8-6-12(7-9-13)5-3-4-10-15/h6-9H,3-5,10H2,1-2H3. The molecule has 16 heavy (non-hydrogen) atoms. The van der Waals surface area contributed by atoms with Gasteiger partial charge in [-0.15, -0.1) is 11.6 Å². The van der Waals surface area contributed by atoms with Crippen LogP contribution in [0.3, 0.4) is 0 Å². The van der Waals surface area contributed by atoms with Crippen LogP contribution in [0, 0.1) is 11.3 Å². The number of rotatable bonds is 5. The van der Waals surface area contributed by atoms with E-state index in [4.69, 9.17) is 16.9 Å². The van der Waals surface area contributed by atoms with Gasteiger partial charge in [0.05, 0.1) is 11.5 Å². The van der Waals surface area contributed by atoms with Gasteiger partial charge in [-0.25, -0.2) is 0 Å². The maximum atomic E-state index is 9.03. The summed E-state index contributed by atoms with van der Waals surface area (Å²) in [5, 5.41) is 9.03. The largest absolute Gasteiger partial charge is 0.197 e. The van der Waals surface area contributed by atoms with E-state index in [0.717, 1.165) is 30.7 Å². The summed E-state index contributed by atoms with van der Waals surface area (Å²) >= 11 is 5.64. The van der Waals surface area contributed by atoms with E-state index in [2.05, 4.69) is 30.3 Å². The zero-order chi connectivity index (χ0) is 12.0. The summed E-state index contributed by atoms with van der Waals surface area (Å²) in [5.74, 6) is 0.736. The van der Waals surface area contributed by atoms with Gasteiger partial charge >= 0.3 is 0 Å². The molecule has 0 amide bonds.